The second-order valence-corrected chi connectivity index (χ2v) is 8.26. The van der Waals surface area contributed by atoms with Crippen LogP contribution in [0, 0.1) is 0 Å². The van der Waals surface area contributed by atoms with E-state index in [0.29, 0.717) is 12.6 Å². The standard InChI is InChI=1S/C24H32N4O/c29-24(28-16-8-11-22(28)17-20-9-4-3-5-10-20)26-19-21-12-13-25-23(18-21)27-14-6-1-2-7-15-27/h3-5,9-10,12-13,18,22H,1-2,6-8,11,14-17,19H2,(H,26,29). The lowest BCUT2D eigenvalue weighted by atomic mass is 10.0. The van der Waals surface area contributed by atoms with Crippen molar-refractivity contribution in [2.75, 3.05) is 24.5 Å². The van der Waals surface area contributed by atoms with Crippen molar-refractivity contribution in [1.29, 1.82) is 0 Å². The summed E-state index contributed by atoms with van der Waals surface area (Å²) in [5.74, 6) is 1.04. The maximum absolute atomic E-state index is 12.8. The second-order valence-electron chi connectivity index (χ2n) is 8.26. The van der Waals surface area contributed by atoms with Gasteiger partial charge in [0.1, 0.15) is 5.82 Å². The minimum Gasteiger partial charge on any atom is -0.357 e. The number of nitrogens with one attached hydrogen (secondary N) is 1. The fraction of sp³-hybridized carbons (Fsp3) is 0.500. The zero-order valence-corrected chi connectivity index (χ0v) is 17.2. The summed E-state index contributed by atoms with van der Waals surface area (Å²) in [6, 6.07) is 15.0. The van der Waals surface area contributed by atoms with Crippen LogP contribution in [0.3, 0.4) is 0 Å². The van der Waals surface area contributed by atoms with Crippen molar-refractivity contribution < 1.29 is 4.79 Å². The third-order valence-electron chi connectivity index (χ3n) is 6.14. The van der Waals surface area contributed by atoms with Crippen molar-refractivity contribution >= 4 is 11.8 Å². The number of hydrogen-bond acceptors (Lipinski definition) is 3. The van der Waals surface area contributed by atoms with Crippen LogP contribution >= 0.6 is 0 Å². The molecule has 5 nitrogen and oxygen atoms in total. The number of anilines is 1. The normalized spacial score (nSPS) is 19.8. The van der Waals surface area contributed by atoms with E-state index in [1.54, 1.807) is 0 Å². The van der Waals surface area contributed by atoms with Gasteiger partial charge in [0.15, 0.2) is 0 Å². The van der Waals surface area contributed by atoms with Gasteiger partial charge in [0, 0.05) is 38.4 Å². The van der Waals surface area contributed by atoms with Crippen molar-refractivity contribution in [2.24, 2.45) is 0 Å². The lowest BCUT2D eigenvalue weighted by Gasteiger charge is -2.25. The molecule has 2 aliphatic rings. The molecule has 4 rings (SSSR count). The summed E-state index contributed by atoms with van der Waals surface area (Å²) in [7, 11) is 0. The van der Waals surface area contributed by atoms with Gasteiger partial charge in [-0.05, 0) is 55.4 Å². The molecular formula is C24H32N4O. The molecule has 0 aliphatic carbocycles. The molecule has 0 spiro atoms. The molecule has 3 heterocycles. The lowest BCUT2D eigenvalue weighted by Crippen LogP contribution is -2.43. The van der Waals surface area contributed by atoms with E-state index in [1.165, 1.54) is 31.2 Å². The van der Waals surface area contributed by atoms with E-state index in [-0.39, 0.29) is 6.03 Å². The van der Waals surface area contributed by atoms with E-state index in [0.717, 1.165) is 50.3 Å². The zero-order valence-electron chi connectivity index (χ0n) is 17.2. The smallest absolute Gasteiger partial charge is 0.317 e. The summed E-state index contributed by atoms with van der Waals surface area (Å²) in [6.45, 7) is 3.56. The summed E-state index contributed by atoms with van der Waals surface area (Å²) < 4.78 is 0. The highest BCUT2D eigenvalue weighted by molar-refractivity contribution is 5.75. The van der Waals surface area contributed by atoms with Crippen molar-refractivity contribution in [3.05, 3.63) is 59.8 Å². The Morgan fingerprint density at radius 2 is 1.76 bits per heavy atom. The van der Waals surface area contributed by atoms with Crippen molar-refractivity contribution in [2.45, 2.75) is 57.5 Å². The minimum atomic E-state index is 0.0524. The molecule has 1 aromatic heterocycles. The number of urea groups is 1. The highest BCUT2D eigenvalue weighted by atomic mass is 16.2. The summed E-state index contributed by atoms with van der Waals surface area (Å²) >= 11 is 0. The Morgan fingerprint density at radius 3 is 2.55 bits per heavy atom. The molecule has 1 atom stereocenters. The Morgan fingerprint density at radius 1 is 0.966 bits per heavy atom. The van der Waals surface area contributed by atoms with Crippen LogP contribution in [0.4, 0.5) is 10.6 Å². The molecule has 1 aromatic carbocycles. The molecule has 0 radical (unpaired) electrons. The van der Waals surface area contributed by atoms with E-state index in [2.05, 4.69) is 45.5 Å². The van der Waals surface area contributed by atoms with Crippen LogP contribution in [-0.4, -0.2) is 41.6 Å². The number of benzene rings is 1. The number of pyridine rings is 1. The zero-order chi connectivity index (χ0) is 19.9. The molecule has 2 saturated heterocycles. The van der Waals surface area contributed by atoms with Gasteiger partial charge in [-0.3, -0.25) is 0 Å². The van der Waals surface area contributed by atoms with E-state index >= 15 is 0 Å². The van der Waals surface area contributed by atoms with Crippen LogP contribution in [0.25, 0.3) is 0 Å². The Bertz CT molecular complexity index is 786. The van der Waals surface area contributed by atoms with Gasteiger partial charge >= 0.3 is 6.03 Å². The van der Waals surface area contributed by atoms with E-state index < -0.39 is 0 Å². The third kappa shape index (κ3) is 5.28. The monoisotopic (exact) mass is 392 g/mol. The second kappa shape index (κ2) is 9.77. The first-order chi connectivity index (χ1) is 14.3. The Balaban J connectivity index is 1.33. The number of amides is 2. The number of rotatable bonds is 5. The topological polar surface area (TPSA) is 48.5 Å². The summed E-state index contributed by atoms with van der Waals surface area (Å²) in [6.07, 6.45) is 10.1. The molecule has 0 saturated carbocycles. The molecule has 0 bridgehead atoms. The number of carbonyl (C=O) groups is 1. The van der Waals surface area contributed by atoms with Gasteiger partial charge in [-0.25, -0.2) is 9.78 Å². The lowest BCUT2D eigenvalue weighted by molar-refractivity contribution is 0.192. The number of aromatic nitrogens is 1. The predicted molar refractivity (Wildman–Crippen MR) is 117 cm³/mol. The fourth-order valence-electron chi connectivity index (χ4n) is 4.52. The molecule has 1 N–H and O–H groups in total. The fourth-order valence-corrected chi connectivity index (χ4v) is 4.52. The highest BCUT2D eigenvalue weighted by Gasteiger charge is 2.28. The first kappa shape index (κ1) is 19.7. The largest absolute Gasteiger partial charge is 0.357 e. The molecule has 2 aromatic rings. The van der Waals surface area contributed by atoms with Gasteiger partial charge in [-0.15, -0.1) is 0 Å². The average Bonchev–Trinajstić information content (AvgIpc) is 3.05. The van der Waals surface area contributed by atoms with E-state index in [4.69, 9.17) is 0 Å². The molecule has 2 amide bonds. The molecular weight excluding hydrogens is 360 g/mol. The molecule has 2 fully saturated rings. The quantitative estimate of drug-likeness (QED) is 0.821. The predicted octanol–water partition coefficient (Wildman–Crippen LogP) is 4.38. The molecule has 5 heteroatoms. The first-order valence-electron chi connectivity index (χ1n) is 11.1. The minimum absolute atomic E-state index is 0.0524. The number of likely N-dealkylation sites (tertiary alicyclic amines) is 1. The Labute approximate surface area is 174 Å². The van der Waals surface area contributed by atoms with Gasteiger partial charge < -0.3 is 15.1 Å². The Kier molecular flexibility index (Phi) is 6.65. The van der Waals surface area contributed by atoms with Crippen molar-refractivity contribution in [3.8, 4) is 0 Å². The van der Waals surface area contributed by atoms with Gasteiger partial charge in [0.05, 0.1) is 0 Å². The summed E-state index contributed by atoms with van der Waals surface area (Å²) in [5, 5.41) is 3.14. The Hall–Kier alpha value is -2.56. The first-order valence-corrected chi connectivity index (χ1v) is 11.1. The SMILES string of the molecule is O=C(NCc1ccnc(N2CCCCCC2)c1)N1CCCC1Cc1ccccc1. The third-order valence-corrected chi connectivity index (χ3v) is 6.14. The van der Waals surface area contributed by atoms with Crippen LogP contribution in [0.5, 0.6) is 0 Å². The van der Waals surface area contributed by atoms with Crippen molar-refractivity contribution in [3.63, 3.8) is 0 Å². The van der Waals surface area contributed by atoms with Crippen LogP contribution in [0.1, 0.15) is 49.7 Å². The van der Waals surface area contributed by atoms with Crippen LogP contribution in [-0.2, 0) is 13.0 Å². The van der Waals surface area contributed by atoms with Gasteiger partial charge in [0.25, 0.3) is 0 Å². The maximum Gasteiger partial charge on any atom is 0.317 e. The van der Waals surface area contributed by atoms with Gasteiger partial charge in [0.2, 0.25) is 0 Å². The van der Waals surface area contributed by atoms with Gasteiger partial charge in [-0.1, -0.05) is 43.2 Å². The molecule has 2 aliphatic heterocycles. The summed E-state index contributed by atoms with van der Waals surface area (Å²) in [4.78, 5) is 21.8. The van der Waals surface area contributed by atoms with Gasteiger partial charge in [-0.2, -0.15) is 0 Å². The maximum atomic E-state index is 12.8. The van der Waals surface area contributed by atoms with Crippen LogP contribution in [0.2, 0.25) is 0 Å². The number of carbonyl (C=O) groups excluding carboxylic acids is 1. The average molecular weight is 393 g/mol. The van der Waals surface area contributed by atoms with E-state index in [1.807, 2.05) is 23.2 Å². The number of hydrogen-bond donors (Lipinski definition) is 1. The number of nitrogens with zero attached hydrogens (tertiary/aromatic N) is 3. The van der Waals surface area contributed by atoms with Crippen LogP contribution in [0.15, 0.2) is 48.7 Å². The van der Waals surface area contributed by atoms with Crippen molar-refractivity contribution in [1.82, 2.24) is 15.2 Å². The molecule has 154 valence electrons. The summed E-state index contributed by atoms with van der Waals surface area (Å²) in [5.41, 5.74) is 2.42. The molecule has 1 unspecified atom stereocenters. The molecule has 29 heavy (non-hydrogen) atoms. The highest BCUT2D eigenvalue weighted by Crippen LogP contribution is 2.22. The van der Waals surface area contributed by atoms with Crippen LogP contribution < -0.4 is 10.2 Å². The van der Waals surface area contributed by atoms with E-state index in [9.17, 15) is 4.79 Å².